The van der Waals surface area contributed by atoms with E-state index >= 15 is 0 Å². The Bertz CT molecular complexity index is 947. The normalized spacial score (nSPS) is 14.0. The van der Waals surface area contributed by atoms with Crippen molar-refractivity contribution in [1.82, 2.24) is 10.6 Å². The Hall–Kier alpha value is -3.39. The van der Waals surface area contributed by atoms with E-state index in [1.807, 2.05) is 43.3 Å². The van der Waals surface area contributed by atoms with Gasteiger partial charge in [0.2, 0.25) is 5.91 Å². The fourth-order valence-electron chi connectivity index (χ4n) is 4.21. The minimum Gasteiger partial charge on any atom is -0.480 e. The van der Waals surface area contributed by atoms with Gasteiger partial charge < -0.3 is 25.6 Å². The highest BCUT2D eigenvalue weighted by molar-refractivity contribution is 5.85. The molecule has 2 amide bonds. The monoisotopic (exact) mass is 454 g/mol. The lowest BCUT2D eigenvalue weighted by molar-refractivity contribution is -0.143. The van der Waals surface area contributed by atoms with Crippen LogP contribution in [0.25, 0.3) is 11.1 Å². The summed E-state index contributed by atoms with van der Waals surface area (Å²) in [7, 11) is 0. The van der Waals surface area contributed by atoms with Crippen LogP contribution in [0.4, 0.5) is 4.79 Å². The van der Waals surface area contributed by atoms with Gasteiger partial charge in [-0.15, -0.1) is 0 Å². The molecule has 0 aromatic heterocycles. The highest BCUT2D eigenvalue weighted by Crippen LogP contribution is 2.44. The number of hydrogen-bond donors (Lipinski definition) is 4. The molecule has 0 bridgehead atoms. The van der Waals surface area contributed by atoms with Crippen molar-refractivity contribution in [3.63, 3.8) is 0 Å². The van der Waals surface area contributed by atoms with Crippen LogP contribution in [0, 0.1) is 5.92 Å². The SMILES string of the molecule is CCCC(CNC(=O)OCC1c2ccccc2-c2ccccc21)C(=O)NC(CCO)C(=O)O. The first-order valence-electron chi connectivity index (χ1n) is 11.2. The molecule has 8 heteroatoms. The van der Waals surface area contributed by atoms with Crippen molar-refractivity contribution >= 4 is 18.0 Å². The van der Waals surface area contributed by atoms with Crippen molar-refractivity contribution in [3.8, 4) is 11.1 Å². The lowest BCUT2D eigenvalue weighted by Crippen LogP contribution is -2.46. The first-order valence-corrected chi connectivity index (χ1v) is 11.2. The molecule has 2 aromatic rings. The number of aliphatic hydroxyl groups excluding tert-OH is 1. The van der Waals surface area contributed by atoms with Crippen molar-refractivity contribution < 1.29 is 29.3 Å². The summed E-state index contributed by atoms with van der Waals surface area (Å²) in [5.74, 6) is -2.35. The second-order valence-electron chi connectivity index (χ2n) is 8.10. The number of amides is 2. The van der Waals surface area contributed by atoms with Crippen molar-refractivity contribution in [2.45, 2.75) is 38.1 Å². The molecule has 0 spiro atoms. The molecule has 4 N–H and O–H groups in total. The number of fused-ring (bicyclic) bond motifs is 3. The van der Waals surface area contributed by atoms with E-state index < -0.39 is 29.9 Å². The Kier molecular flexibility index (Phi) is 8.43. The number of benzene rings is 2. The molecule has 3 rings (SSSR count). The lowest BCUT2D eigenvalue weighted by Gasteiger charge is -2.20. The molecule has 2 atom stereocenters. The predicted octanol–water partition coefficient (Wildman–Crippen LogP) is 2.89. The molecule has 0 aliphatic heterocycles. The number of carbonyl (C=O) groups excluding carboxylic acids is 2. The number of ether oxygens (including phenoxy) is 1. The van der Waals surface area contributed by atoms with Gasteiger partial charge in [-0.1, -0.05) is 61.9 Å². The summed E-state index contributed by atoms with van der Waals surface area (Å²) in [6.45, 7) is 1.74. The van der Waals surface area contributed by atoms with E-state index in [1.54, 1.807) is 0 Å². The van der Waals surface area contributed by atoms with Crippen molar-refractivity contribution in [1.29, 1.82) is 0 Å². The zero-order valence-corrected chi connectivity index (χ0v) is 18.6. The van der Waals surface area contributed by atoms with Gasteiger partial charge in [-0.3, -0.25) is 4.79 Å². The summed E-state index contributed by atoms with van der Waals surface area (Å²) in [6.07, 6.45) is 0.444. The Morgan fingerprint density at radius 3 is 2.15 bits per heavy atom. The maximum atomic E-state index is 12.5. The second-order valence-corrected chi connectivity index (χ2v) is 8.10. The molecular weight excluding hydrogens is 424 g/mol. The van der Waals surface area contributed by atoms with Crippen LogP contribution in [0.3, 0.4) is 0 Å². The average molecular weight is 455 g/mol. The van der Waals surface area contributed by atoms with E-state index in [0.29, 0.717) is 12.8 Å². The summed E-state index contributed by atoms with van der Waals surface area (Å²) in [6, 6.07) is 14.9. The lowest BCUT2D eigenvalue weighted by atomic mass is 9.98. The minimum absolute atomic E-state index is 0.0296. The van der Waals surface area contributed by atoms with Gasteiger partial charge in [-0.05, 0) is 28.7 Å². The van der Waals surface area contributed by atoms with E-state index in [1.165, 1.54) is 0 Å². The Labute approximate surface area is 193 Å². The largest absolute Gasteiger partial charge is 0.480 e. The summed E-state index contributed by atoms with van der Waals surface area (Å²) < 4.78 is 5.50. The third-order valence-electron chi connectivity index (χ3n) is 5.88. The molecule has 0 saturated heterocycles. The summed E-state index contributed by atoms with van der Waals surface area (Å²) in [5, 5.41) is 23.3. The maximum absolute atomic E-state index is 12.5. The maximum Gasteiger partial charge on any atom is 0.407 e. The average Bonchev–Trinajstić information content (AvgIpc) is 3.13. The van der Waals surface area contributed by atoms with Crippen LogP contribution in [0.15, 0.2) is 48.5 Å². The molecule has 33 heavy (non-hydrogen) atoms. The molecule has 0 fully saturated rings. The van der Waals surface area contributed by atoms with Gasteiger partial charge in [0.1, 0.15) is 12.6 Å². The van der Waals surface area contributed by atoms with Crippen LogP contribution in [-0.2, 0) is 14.3 Å². The Morgan fingerprint density at radius 1 is 1.00 bits per heavy atom. The highest BCUT2D eigenvalue weighted by atomic mass is 16.5. The third kappa shape index (κ3) is 5.90. The summed E-state index contributed by atoms with van der Waals surface area (Å²) in [5.41, 5.74) is 4.49. The van der Waals surface area contributed by atoms with Crippen LogP contribution in [0.1, 0.15) is 43.2 Å². The second kappa shape index (κ2) is 11.5. The smallest absolute Gasteiger partial charge is 0.407 e. The number of carboxylic acids is 1. The molecular formula is C25H30N2O6. The Morgan fingerprint density at radius 2 is 1.61 bits per heavy atom. The number of alkyl carbamates (subject to hydrolysis) is 1. The van der Waals surface area contributed by atoms with Crippen LogP contribution < -0.4 is 10.6 Å². The number of nitrogens with one attached hydrogen (secondary N) is 2. The van der Waals surface area contributed by atoms with Gasteiger partial charge in [-0.25, -0.2) is 9.59 Å². The molecule has 0 saturated carbocycles. The van der Waals surface area contributed by atoms with E-state index in [0.717, 1.165) is 22.3 Å². The summed E-state index contributed by atoms with van der Waals surface area (Å²) in [4.78, 5) is 36.2. The number of aliphatic carboxylic acids is 1. The summed E-state index contributed by atoms with van der Waals surface area (Å²) >= 11 is 0. The molecule has 8 nitrogen and oxygen atoms in total. The van der Waals surface area contributed by atoms with Crippen molar-refractivity contribution in [2.75, 3.05) is 19.8 Å². The zero-order valence-electron chi connectivity index (χ0n) is 18.6. The first-order chi connectivity index (χ1) is 16.0. The molecule has 0 radical (unpaired) electrons. The molecule has 2 aromatic carbocycles. The number of carboxylic acid groups (broad SMARTS) is 1. The fourth-order valence-corrected chi connectivity index (χ4v) is 4.21. The van der Waals surface area contributed by atoms with Crippen molar-refractivity contribution in [3.05, 3.63) is 59.7 Å². The zero-order chi connectivity index (χ0) is 23.8. The minimum atomic E-state index is -1.21. The van der Waals surface area contributed by atoms with Crippen LogP contribution in [0.2, 0.25) is 0 Å². The van der Waals surface area contributed by atoms with Crippen LogP contribution >= 0.6 is 0 Å². The van der Waals surface area contributed by atoms with E-state index in [-0.39, 0.29) is 32.1 Å². The highest BCUT2D eigenvalue weighted by Gasteiger charge is 2.29. The van der Waals surface area contributed by atoms with E-state index in [9.17, 15) is 19.5 Å². The van der Waals surface area contributed by atoms with E-state index in [4.69, 9.17) is 9.84 Å². The van der Waals surface area contributed by atoms with E-state index in [2.05, 4.69) is 22.8 Å². The van der Waals surface area contributed by atoms with Gasteiger partial charge in [0.15, 0.2) is 0 Å². The molecule has 0 heterocycles. The molecule has 1 aliphatic rings. The first kappa shape index (κ1) is 24.3. The van der Waals surface area contributed by atoms with Gasteiger partial charge >= 0.3 is 12.1 Å². The van der Waals surface area contributed by atoms with Crippen LogP contribution in [-0.4, -0.2) is 54.0 Å². The quantitative estimate of drug-likeness (QED) is 0.414. The molecule has 176 valence electrons. The molecule has 2 unspecified atom stereocenters. The third-order valence-corrected chi connectivity index (χ3v) is 5.88. The fraction of sp³-hybridized carbons (Fsp3) is 0.400. The predicted molar refractivity (Wildman–Crippen MR) is 123 cm³/mol. The van der Waals surface area contributed by atoms with Gasteiger partial charge in [0.05, 0.1) is 5.92 Å². The van der Waals surface area contributed by atoms with Gasteiger partial charge in [0, 0.05) is 25.5 Å². The number of carbonyl (C=O) groups is 3. The van der Waals surface area contributed by atoms with Crippen LogP contribution in [0.5, 0.6) is 0 Å². The van der Waals surface area contributed by atoms with Crippen molar-refractivity contribution in [2.24, 2.45) is 5.92 Å². The topological polar surface area (TPSA) is 125 Å². The number of aliphatic hydroxyl groups is 1. The Balaban J connectivity index is 1.57. The standard InChI is InChI=1S/C25H30N2O6/c1-2-7-16(23(29)27-22(12-13-28)24(30)31)14-26-25(32)33-15-21-19-10-5-3-8-17(19)18-9-4-6-11-20(18)21/h3-6,8-11,16,21-22,28H,2,7,12-15H2,1H3,(H,26,32)(H,27,29)(H,30,31). The molecule has 1 aliphatic carbocycles. The number of rotatable bonds is 11. The van der Waals surface area contributed by atoms with Gasteiger partial charge in [-0.2, -0.15) is 0 Å². The number of hydrogen-bond acceptors (Lipinski definition) is 5. The van der Waals surface area contributed by atoms with Gasteiger partial charge in [0.25, 0.3) is 0 Å².